The van der Waals surface area contributed by atoms with Crippen LogP contribution in [0, 0.1) is 6.92 Å². The third-order valence-electron chi connectivity index (χ3n) is 2.76. The number of ether oxygens (including phenoxy) is 2. The van der Waals surface area contributed by atoms with Crippen LogP contribution >= 0.6 is 27.3 Å². The normalized spacial score (nSPS) is 10.6. The van der Waals surface area contributed by atoms with Crippen LogP contribution in [-0.2, 0) is 5.33 Å². The Morgan fingerprint density at radius 3 is 2.75 bits per heavy atom. The highest BCUT2D eigenvalue weighted by atomic mass is 79.9. The van der Waals surface area contributed by atoms with E-state index in [0.717, 1.165) is 21.6 Å². The number of alkyl halides is 2. The molecule has 0 aliphatic carbocycles. The quantitative estimate of drug-likeness (QED) is 0.717. The van der Waals surface area contributed by atoms with Crippen molar-refractivity contribution in [3.63, 3.8) is 0 Å². The van der Waals surface area contributed by atoms with E-state index in [1.165, 1.54) is 4.88 Å². The zero-order valence-electron chi connectivity index (χ0n) is 11.3. The topological polar surface area (TPSA) is 31.4 Å². The molecule has 0 fully saturated rings. The highest BCUT2D eigenvalue weighted by Crippen LogP contribution is 2.35. The summed E-state index contributed by atoms with van der Waals surface area (Å²) in [4.78, 5) is 5.76. The molecule has 0 saturated heterocycles. The molecule has 0 aliphatic heterocycles. The maximum Gasteiger partial charge on any atom is 0.161 e. The molecule has 0 unspecified atom stereocenters. The van der Waals surface area contributed by atoms with Crippen LogP contribution in [0.4, 0.5) is 4.39 Å². The van der Waals surface area contributed by atoms with Gasteiger partial charge in [-0.15, -0.1) is 11.3 Å². The van der Waals surface area contributed by atoms with Crippen molar-refractivity contribution in [2.45, 2.75) is 12.3 Å². The maximum absolute atomic E-state index is 12.3. The Morgan fingerprint density at radius 1 is 1.35 bits per heavy atom. The molecule has 0 bridgehead atoms. The molecule has 3 nitrogen and oxygen atoms in total. The Hall–Kier alpha value is -1.14. The van der Waals surface area contributed by atoms with E-state index in [1.807, 2.05) is 25.1 Å². The van der Waals surface area contributed by atoms with E-state index in [1.54, 1.807) is 18.4 Å². The molecule has 0 amide bonds. The Morgan fingerprint density at radius 2 is 2.15 bits per heavy atom. The second-order valence-electron chi connectivity index (χ2n) is 4.06. The molecule has 1 aromatic carbocycles. The fourth-order valence-corrected chi connectivity index (χ4v) is 3.40. The summed E-state index contributed by atoms with van der Waals surface area (Å²) in [5, 5.41) is 1.65. The van der Waals surface area contributed by atoms with E-state index in [2.05, 4.69) is 20.9 Å². The number of benzene rings is 1. The van der Waals surface area contributed by atoms with Crippen molar-refractivity contribution in [2.75, 3.05) is 20.4 Å². The van der Waals surface area contributed by atoms with E-state index < -0.39 is 6.67 Å². The molecule has 0 radical (unpaired) electrons. The lowest BCUT2D eigenvalue weighted by atomic mass is 10.2. The van der Waals surface area contributed by atoms with Crippen molar-refractivity contribution in [2.24, 2.45) is 0 Å². The monoisotopic (exact) mass is 359 g/mol. The van der Waals surface area contributed by atoms with Gasteiger partial charge in [0.2, 0.25) is 0 Å². The predicted molar refractivity (Wildman–Crippen MR) is 82.9 cm³/mol. The van der Waals surface area contributed by atoms with Crippen molar-refractivity contribution in [3.05, 3.63) is 28.8 Å². The number of nitrogens with zero attached hydrogens (tertiary/aromatic N) is 1. The summed E-state index contributed by atoms with van der Waals surface area (Å²) in [6.45, 7) is 1.53. The van der Waals surface area contributed by atoms with Crippen LogP contribution in [0.3, 0.4) is 0 Å². The van der Waals surface area contributed by atoms with Gasteiger partial charge in [-0.2, -0.15) is 0 Å². The maximum atomic E-state index is 12.3. The van der Waals surface area contributed by atoms with E-state index in [4.69, 9.17) is 9.47 Å². The lowest BCUT2D eigenvalue weighted by molar-refractivity contribution is 0.260. The molecule has 0 saturated carbocycles. The Balaban J connectivity index is 2.36. The third-order valence-corrected chi connectivity index (χ3v) is 4.36. The molecule has 0 atom stereocenters. The van der Waals surface area contributed by atoms with Gasteiger partial charge in [-0.1, -0.05) is 15.9 Å². The Labute approximate surface area is 129 Å². The van der Waals surface area contributed by atoms with Gasteiger partial charge in [-0.25, -0.2) is 9.37 Å². The van der Waals surface area contributed by atoms with Crippen LogP contribution in [0.15, 0.2) is 18.2 Å². The lowest BCUT2D eigenvalue weighted by Crippen LogP contribution is -2.00. The molecule has 0 spiro atoms. The fraction of sp³-hybridized carbons (Fsp3) is 0.357. The molecule has 0 aliphatic rings. The van der Waals surface area contributed by atoms with Crippen molar-refractivity contribution in [1.29, 1.82) is 0 Å². The van der Waals surface area contributed by atoms with E-state index in [0.29, 0.717) is 11.5 Å². The van der Waals surface area contributed by atoms with Gasteiger partial charge in [-0.3, -0.25) is 0 Å². The minimum Gasteiger partial charge on any atom is -0.493 e. The highest BCUT2D eigenvalue weighted by Gasteiger charge is 2.12. The summed E-state index contributed by atoms with van der Waals surface area (Å²) >= 11 is 5.05. The molecule has 1 aromatic heterocycles. The summed E-state index contributed by atoms with van der Waals surface area (Å²) in [6, 6.07) is 5.58. The van der Waals surface area contributed by atoms with Crippen molar-refractivity contribution in [3.8, 4) is 22.1 Å². The zero-order chi connectivity index (χ0) is 14.5. The lowest BCUT2D eigenvalue weighted by Gasteiger charge is -2.10. The van der Waals surface area contributed by atoms with Crippen LogP contribution in [0.1, 0.15) is 10.6 Å². The summed E-state index contributed by atoms with van der Waals surface area (Å²) in [7, 11) is 1.56. The highest BCUT2D eigenvalue weighted by molar-refractivity contribution is 9.08. The van der Waals surface area contributed by atoms with E-state index >= 15 is 0 Å². The molecule has 6 heteroatoms. The molecule has 2 rings (SSSR count). The molecule has 20 heavy (non-hydrogen) atoms. The standard InChI is InChI=1S/C14H15BrFNO2S/c1-9-11(8-15)17-14(20-9)10-3-4-12(18-2)13(7-10)19-6-5-16/h3-4,7H,5-6,8H2,1-2H3. The first-order chi connectivity index (χ1) is 9.69. The SMILES string of the molecule is COc1ccc(-c2nc(CBr)c(C)s2)cc1OCCF. The average Bonchev–Trinajstić information content (AvgIpc) is 2.85. The first-order valence-corrected chi connectivity index (χ1v) is 8.02. The van der Waals surface area contributed by atoms with Gasteiger partial charge in [-0.05, 0) is 25.1 Å². The summed E-state index contributed by atoms with van der Waals surface area (Å²) in [5.74, 6) is 1.13. The molecular weight excluding hydrogens is 345 g/mol. The number of thiazole rings is 1. The van der Waals surface area contributed by atoms with Crippen LogP contribution < -0.4 is 9.47 Å². The van der Waals surface area contributed by atoms with Gasteiger partial charge >= 0.3 is 0 Å². The minimum absolute atomic E-state index is 0.0172. The largest absolute Gasteiger partial charge is 0.493 e. The number of hydrogen-bond acceptors (Lipinski definition) is 4. The molecule has 2 aromatic rings. The first-order valence-electron chi connectivity index (χ1n) is 6.09. The number of halogens is 2. The Bertz CT molecular complexity index is 589. The van der Waals surface area contributed by atoms with Crippen molar-refractivity contribution < 1.29 is 13.9 Å². The number of methoxy groups -OCH3 is 1. The van der Waals surface area contributed by atoms with Gasteiger partial charge in [0.25, 0.3) is 0 Å². The van der Waals surface area contributed by atoms with Gasteiger partial charge in [0.1, 0.15) is 18.3 Å². The molecular formula is C14H15BrFNO2S. The second kappa shape index (κ2) is 7.04. The van der Waals surface area contributed by atoms with Crippen LogP contribution in [0.2, 0.25) is 0 Å². The van der Waals surface area contributed by atoms with Crippen LogP contribution in [0.25, 0.3) is 10.6 Å². The number of hydrogen-bond donors (Lipinski definition) is 0. The second-order valence-corrected chi connectivity index (χ2v) is 5.82. The summed E-state index contributed by atoms with van der Waals surface area (Å²) in [5.41, 5.74) is 1.98. The van der Waals surface area contributed by atoms with Crippen LogP contribution in [0.5, 0.6) is 11.5 Å². The summed E-state index contributed by atoms with van der Waals surface area (Å²) < 4.78 is 22.8. The summed E-state index contributed by atoms with van der Waals surface area (Å²) in [6.07, 6.45) is 0. The van der Waals surface area contributed by atoms with E-state index in [9.17, 15) is 4.39 Å². The van der Waals surface area contributed by atoms with Crippen molar-refractivity contribution in [1.82, 2.24) is 4.98 Å². The minimum atomic E-state index is -0.530. The van der Waals surface area contributed by atoms with Gasteiger partial charge in [0.15, 0.2) is 11.5 Å². The number of rotatable bonds is 6. The van der Waals surface area contributed by atoms with Crippen molar-refractivity contribution >= 4 is 27.3 Å². The third kappa shape index (κ3) is 3.30. The van der Waals surface area contributed by atoms with Gasteiger partial charge in [0.05, 0.1) is 12.8 Å². The van der Waals surface area contributed by atoms with E-state index in [-0.39, 0.29) is 6.61 Å². The molecule has 0 N–H and O–H groups in total. The Kier molecular flexibility index (Phi) is 5.37. The number of aryl methyl sites for hydroxylation is 1. The molecule has 108 valence electrons. The first kappa shape index (κ1) is 15.3. The predicted octanol–water partition coefficient (Wildman–Crippen LogP) is 4.37. The average molecular weight is 360 g/mol. The fourth-order valence-electron chi connectivity index (χ4n) is 1.75. The zero-order valence-corrected chi connectivity index (χ0v) is 13.7. The number of aromatic nitrogens is 1. The van der Waals surface area contributed by atoms with Crippen LogP contribution in [-0.4, -0.2) is 25.4 Å². The van der Waals surface area contributed by atoms with Gasteiger partial charge < -0.3 is 9.47 Å². The molecule has 1 heterocycles. The van der Waals surface area contributed by atoms with Gasteiger partial charge in [0, 0.05) is 15.8 Å². The smallest absolute Gasteiger partial charge is 0.161 e.